The molecule has 1 aliphatic rings. The van der Waals surface area contributed by atoms with Crippen LogP contribution in [0.15, 0.2) is 48.8 Å². The summed E-state index contributed by atoms with van der Waals surface area (Å²) in [6.45, 7) is 0.417. The highest BCUT2D eigenvalue weighted by atomic mass is 16.5. The van der Waals surface area contributed by atoms with Gasteiger partial charge in [0.05, 0.1) is 18.7 Å². The second-order valence-electron chi connectivity index (χ2n) is 6.10. The van der Waals surface area contributed by atoms with E-state index < -0.39 is 0 Å². The summed E-state index contributed by atoms with van der Waals surface area (Å²) in [5, 5.41) is 2.94. The minimum Gasteiger partial charge on any atom is -0.496 e. The van der Waals surface area contributed by atoms with E-state index >= 15 is 0 Å². The first kappa shape index (κ1) is 17.0. The molecular weight excluding hydrogens is 318 g/mol. The molecule has 0 unspecified atom stereocenters. The fourth-order valence-electron chi connectivity index (χ4n) is 3.34. The Morgan fingerprint density at radius 1 is 1.28 bits per heavy atom. The van der Waals surface area contributed by atoms with Crippen LogP contribution in [-0.4, -0.2) is 42.4 Å². The third kappa shape index (κ3) is 3.47. The van der Waals surface area contributed by atoms with Gasteiger partial charge in [-0.05, 0) is 29.8 Å². The van der Waals surface area contributed by atoms with Gasteiger partial charge in [-0.1, -0.05) is 12.1 Å². The van der Waals surface area contributed by atoms with Gasteiger partial charge in [-0.2, -0.15) is 0 Å². The molecule has 2 aromatic rings. The zero-order chi connectivity index (χ0) is 17.8. The van der Waals surface area contributed by atoms with E-state index in [9.17, 15) is 9.59 Å². The molecular formula is C19H21N3O3. The van der Waals surface area contributed by atoms with Gasteiger partial charge in [0.25, 0.3) is 5.91 Å². The van der Waals surface area contributed by atoms with Crippen LogP contribution in [0.3, 0.4) is 0 Å². The molecule has 1 aromatic carbocycles. The number of nitrogens with zero attached hydrogens (tertiary/aromatic N) is 2. The predicted molar refractivity (Wildman–Crippen MR) is 93.2 cm³/mol. The van der Waals surface area contributed by atoms with Crippen molar-refractivity contribution in [2.75, 3.05) is 20.7 Å². The molecule has 1 fully saturated rings. The molecule has 130 valence electrons. The van der Waals surface area contributed by atoms with Crippen molar-refractivity contribution < 1.29 is 14.3 Å². The van der Waals surface area contributed by atoms with Crippen molar-refractivity contribution in [3.63, 3.8) is 0 Å². The highest BCUT2D eigenvalue weighted by Crippen LogP contribution is 2.36. The number of hydrogen-bond donors (Lipinski definition) is 1. The normalized spacial score (nSPS) is 19.8. The van der Waals surface area contributed by atoms with Crippen molar-refractivity contribution >= 4 is 11.8 Å². The number of methoxy groups -OCH3 is 1. The van der Waals surface area contributed by atoms with Gasteiger partial charge in [0, 0.05) is 38.3 Å². The molecule has 0 bridgehead atoms. The van der Waals surface area contributed by atoms with Crippen LogP contribution in [-0.2, 0) is 4.79 Å². The van der Waals surface area contributed by atoms with Crippen LogP contribution >= 0.6 is 0 Å². The molecule has 6 nitrogen and oxygen atoms in total. The van der Waals surface area contributed by atoms with Gasteiger partial charge in [0.1, 0.15) is 5.75 Å². The predicted octanol–water partition coefficient (Wildman–Crippen LogP) is 2.04. The molecule has 2 amide bonds. The molecule has 25 heavy (non-hydrogen) atoms. The molecule has 0 aliphatic carbocycles. The first-order valence-corrected chi connectivity index (χ1v) is 8.18. The fraction of sp³-hybridized carbons (Fsp3) is 0.316. The number of likely N-dealkylation sites (tertiary alicyclic amines) is 1. The van der Waals surface area contributed by atoms with E-state index in [0.29, 0.717) is 24.3 Å². The summed E-state index contributed by atoms with van der Waals surface area (Å²) in [5.41, 5.74) is 1.52. The average Bonchev–Trinajstić information content (AvgIpc) is 2.94. The topological polar surface area (TPSA) is 71.5 Å². The molecule has 1 aromatic heterocycles. The Kier molecular flexibility index (Phi) is 4.97. The summed E-state index contributed by atoms with van der Waals surface area (Å²) in [7, 11) is 3.34. The monoisotopic (exact) mass is 339 g/mol. The lowest BCUT2D eigenvalue weighted by molar-refractivity contribution is -0.127. The van der Waals surface area contributed by atoms with Crippen molar-refractivity contribution in [1.82, 2.24) is 15.2 Å². The van der Waals surface area contributed by atoms with E-state index in [1.54, 1.807) is 42.5 Å². The highest BCUT2D eigenvalue weighted by molar-refractivity contribution is 5.97. The first-order valence-electron chi connectivity index (χ1n) is 8.18. The average molecular weight is 339 g/mol. The van der Waals surface area contributed by atoms with Gasteiger partial charge in [-0.15, -0.1) is 0 Å². The number of pyridine rings is 1. The Hall–Kier alpha value is -2.89. The molecule has 3 rings (SSSR count). The molecule has 1 saturated heterocycles. The summed E-state index contributed by atoms with van der Waals surface area (Å²) < 4.78 is 5.23. The van der Waals surface area contributed by atoms with Crippen LogP contribution in [0.4, 0.5) is 0 Å². The Morgan fingerprint density at radius 3 is 2.72 bits per heavy atom. The highest BCUT2D eigenvalue weighted by Gasteiger charge is 2.38. The number of carbonyl (C=O) groups excluding carboxylic acids is 2. The SMILES string of the molecule is COc1ccccc1C(=O)NC[C@@H]1CC(=O)N(C)[C@H]1c1ccncc1. The Labute approximate surface area is 146 Å². The van der Waals surface area contributed by atoms with Gasteiger partial charge in [0.15, 0.2) is 0 Å². The summed E-state index contributed by atoms with van der Waals surface area (Å²) in [5.74, 6) is 0.426. The number of hydrogen-bond acceptors (Lipinski definition) is 4. The molecule has 6 heteroatoms. The summed E-state index contributed by atoms with van der Waals surface area (Å²) in [4.78, 5) is 30.4. The van der Waals surface area contributed by atoms with E-state index in [1.165, 1.54) is 7.11 Å². The van der Waals surface area contributed by atoms with Crippen molar-refractivity contribution in [3.05, 3.63) is 59.9 Å². The van der Waals surface area contributed by atoms with E-state index in [4.69, 9.17) is 4.74 Å². The third-order valence-corrected chi connectivity index (χ3v) is 4.62. The van der Waals surface area contributed by atoms with Crippen LogP contribution in [0.2, 0.25) is 0 Å². The fourth-order valence-corrected chi connectivity index (χ4v) is 3.34. The van der Waals surface area contributed by atoms with Crippen LogP contribution in [0.5, 0.6) is 5.75 Å². The van der Waals surface area contributed by atoms with E-state index in [1.807, 2.05) is 18.2 Å². The number of benzene rings is 1. The Bertz CT molecular complexity index is 764. The molecule has 0 spiro atoms. The maximum atomic E-state index is 12.5. The van der Waals surface area contributed by atoms with E-state index in [-0.39, 0.29) is 23.8 Å². The molecule has 1 aliphatic heterocycles. The zero-order valence-electron chi connectivity index (χ0n) is 14.3. The lowest BCUT2D eigenvalue weighted by atomic mass is 9.94. The maximum absolute atomic E-state index is 12.5. The van der Waals surface area contributed by atoms with Gasteiger partial charge in [-0.25, -0.2) is 0 Å². The smallest absolute Gasteiger partial charge is 0.255 e. The number of nitrogens with one attached hydrogen (secondary N) is 1. The summed E-state index contributed by atoms with van der Waals surface area (Å²) >= 11 is 0. The van der Waals surface area contributed by atoms with Gasteiger partial charge in [0.2, 0.25) is 5.91 Å². The van der Waals surface area contributed by atoms with Crippen LogP contribution < -0.4 is 10.1 Å². The number of rotatable bonds is 5. The van der Waals surface area contributed by atoms with E-state index in [2.05, 4.69) is 10.3 Å². The number of amides is 2. The number of carbonyl (C=O) groups is 2. The van der Waals surface area contributed by atoms with Gasteiger partial charge in [-0.3, -0.25) is 14.6 Å². The van der Waals surface area contributed by atoms with Crippen LogP contribution in [0.1, 0.15) is 28.4 Å². The minimum absolute atomic E-state index is 0.0126. The summed E-state index contributed by atoms with van der Waals surface area (Å²) in [6, 6.07) is 10.9. The maximum Gasteiger partial charge on any atom is 0.255 e. The Balaban J connectivity index is 1.73. The molecule has 1 N–H and O–H groups in total. The number of ether oxygens (including phenoxy) is 1. The van der Waals surface area contributed by atoms with Crippen molar-refractivity contribution in [2.24, 2.45) is 5.92 Å². The van der Waals surface area contributed by atoms with Crippen molar-refractivity contribution in [1.29, 1.82) is 0 Å². The lowest BCUT2D eigenvalue weighted by Crippen LogP contribution is -2.32. The lowest BCUT2D eigenvalue weighted by Gasteiger charge is -2.25. The number of aromatic nitrogens is 1. The quantitative estimate of drug-likeness (QED) is 0.905. The molecule has 0 radical (unpaired) electrons. The minimum atomic E-state index is -0.201. The standard InChI is InChI=1S/C19H21N3O3/c1-22-17(23)11-14(18(22)13-7-9-20-10-8-13)12-21-19(24)15-5-3-4-6-16(15)25-2/h3-10,14,18H,11-12H2,1-2H3,(H,21,24)/t14-,18-/m0/s1. The van der Waals surface area contributed by atoms with Crippen molar-refractivity contribution in [3.8, 4) is 5.75 Å². The molecule has 2 heterocycles. The molecule has 2 atom stereocenters. The third-order valence-electron chi connectivity index (χ3n) is 4.62. The van der Waals surface area contributed by atoms with Crippen molar-refractivity contribution in [2.45, 2.75) is 12.5 Å². The van der Waals surface area contributed by atoms with Gasteiger partial charge >= 0.3 is 0 Å². The van der Waals surface area contributed by atoms with E-state index in [0.717, 1.165) is 5.56 Å². The zero-order valence-corrected chi connectivity index (χ0v) is 14.3. The largest absolute Gasteiger partial charge is 0.496 e. The summed E-state index contributed by atoms with van der Waals surface area (Å²) in [6.07, 6.45) is 3.85. The van der Waals surface area contributed by atoms with Gasteiger partial charge < -0.3 is 15.0 Å². The second kappa shape index (κ2) is 7.34. The number of para-hydroxylation sites is 1. The molecule has 0 saturated carbocycles. The second-order valence-corrected chi connectivity index (χ2v) is 6.10. The first-order chi connectivity index (χ1) is 12.1. The Morgan fingerprint density at radius 2 is 2.00 bits per heavy atom. The van der Waals surface area contributed by atoms with Crippen LogP contribution in [0, 0.1) is 5.92 Å². The van der Waals surface area contributed by atoms with Crippen LogP contribution in [0.25, 0.3) is 0 Å².